The predicted molar refractivity (Wildman–Crippen MR) is 336 cm³/mol. The fourth-order valence-corrected chi connectivity index (χ4v) is 9.84. The van der Waals surface area contributed by atoms with Crippen molar-refractivity contribution in [2.24, 2.45) is 39.9 Å². The summed E-state index contributed by atoms with van der Waals surface area (Å²) in [6, 6.07) is -5.55. The zero-order valence-electron chi connectivity index (χ0n) is 51.9. The molecule has 2 aliphatic rings. The first-order valence-corrected chi connectivity index (χ1v) is 30.1. The number of hydrogen-bond donors (Lipinski definition) is 17. The fraction of sp³-hybridized carbons (Fsp3) is 0.541. The zero-order valence-corrected chi connectivity index (χ0v) is 51.9. The average molecular weight is 1260 g/mol. The largest absolute Gasteiger partial charge is 0.508 e. The number of nitrogens with two attached hydrogens (primary N) is 3. The van der Waals surface area contributed by atoms with Crippen LogP contribution in [0.4, 0.5) is 4.79 Å². The molecule has 0 bridgehead atoms. The van der Waals surface area contributed by atoms with Crippen molar-refractivity contribution in [1.29, 1.82) is 0 Å². The highest BCUT2D eigenvalue weighted by Gasteiger charge is 2.36. The van der Waals surface area contributed by atoms with Gasteiger partial charge in [-0.2, -0.15) is 0 Å². The molecule has 496 valence electrons. The van der Waals surface area contributed by atoms with Crippen LogP contribution in [0.5, 0.6) is 5.75 Å². The van der Waals surface area contributed by atoms with E-state index in [2.05, 4.69) is 70.1 Å². The Morgan fingerprint density at radius 2 is 1.32 bits per heavy atom. The summed E-state index contributed by atoms with van der Waals surface area (Å²) in [5.41, 5.74) is 18.6. The minimum absolute atomic E-state index is 0.00243. The highest BCUT2D eigenvalue weighted by Crippen LogP contribution is 2.28. The van der Waals surface area contributed by atoms with E-state index in [-0.39, 0.29) is 55.8 Å². The normalized spacial score (nSPS) is 17.3. The number of aliphatic hydroxyl groups excluding tert-OH is 1. The number of carboxylic acids is 1. The topological polar surface area (TPSA) is 471 Å². The number of carbonyl (C=O) groups is 11. The second-order valence-electron chi connectivity index (χ2n) is 22.7. The van der Waals surface area contributed by atoms with Crippen LogP contribution < -0.4 is 75.7 Å². The number of guanidine groups is 1. The van der Waals surface area contributed by atoms with Gasteiger partial charge in [-0.05, 0) is 79.7 Å². The molecule has 0 saturated heterocycles. The Morgan fingerprint density at radius 3 is 1.93 bits per heavy atom. The third kappa shape index (κ3) is 28.7. The highest BCUT2D eigenvalue weighted by molar-refractivity contribution is 5.97. The van der Waals surface area contributed by atoms with Crippen molar-refractivity contribution in [2.45, 2.75) is 160 Å². The fourth-order valence-electron chi connectivity index (χ4n) is 9.84. The number of nitrogens with one attached hydrogen (secondary N) is 11. The van der Waals surface area contributed by atoms with Crippen molar-refractivity contribution in [3.8, 4) is 5.75 Å². The van der Waals surface area contributed by atoms with E-state index < -0.39 is 139 Å². The van der Waals surface area contributed by atoms with Gasteiger partial charge in [0.15, 0.2) is 5.96 Å². The lowest BCUT2D eigenvalue weighted by Gasteiger charge is -2.30. The molecule has 1 saturated carbocycles. The molecule has 1 fully saturated rings. The number of carboxylic acid groups (broad SMARTS) is 1. The summed E-state index contributed by atoms with van der Waals surface area (Å²) in [4.78, 5) is 151. The highest BCUT2D eigenvalue weighted by atomic mass is 16.4. The Balaban J connectivity index is 1.85. The third-order valence-electron chi connectivity index (χ3n) is 14.7. The summed E-state index contributed by atoms with van der Waals surface area (Å²) in [5.74, 6) is -9.63. The number of aliphatic carboxylic acids is 1. The van der Waals surface area contributed by atoms with Crippen LogP contribution in [0.2, 0.25) is 0 Å². The van der Waals surface area contributed by atoms with Crippen LogP contribution in [0.25, 0.3) is 0 Å². The minimum atomic E-state index is -1.80. The summed E-state index contributed by atoms with van der Waals surface area (Å²) >= 11 is 0. The van der Waals surface area contributed by atoms with Gasteiger partial charge >= 0.3 is 12.0 Å². The van der Waals surface area contributed by atoms with Gasteiger partial charge in [-0.3, -0.25) is 52.9 Å². The lowest BCUT2D eigenvalue weighted by molar-refractivity contribution is -0.138. The zero-order chi connectivity index (χ0) is 66.9. The van der Waals surface area contributed by atoms with Gasteiger partial charge in [0.05, 0.1) is 12.0 Å². The number of rotatable bonds is 36. The number of phenols is 1. The Morgan fingerprint density at radius 1 is 0.711 bits per heavy atom. The van der Waals surface area contributed by atoms with Gasteiger partial charge in [0, 0.05) is 65.6 Å². The molecule has 11 amide bonds. The summed E-state index contributed by atoms with van der Waals surface area (Å²) in [6.07, 6.45) is 14.3. The maximum atomic E-state index is 14.2. The first-order chi connectivity index (χ1) is 42.7. The van der Waals surface area contributed by atoms with Crippen LogP contribution in [-0.4, -0.2) is 168 Å². The number of amides is 11. The molecule has 29 nitrogen and oxygen atoms in total. The monoisotopic (exact) mass is 1260 g/mol. The maximum Gasteiger partial charge on any atom is 0.312 e. The van der Waals surface area contributed by atoms with Crippen LogP contribution in [0.15, 0.2) is 89.6 Å². The van der Waals surface area contributed by atoms with E-state index in [1.165, 1.54) is 38.2 Å². The lowest BCUT2D eigenvalue weighted by atomic mass is 9.84. The number of urea groups is 1. The van der Waals surface area contributed by atoms with E-state index >= 15 is 0 Å². The number of aliphatic imine (C=N–C) groups is 1. The number of primary amides is 2. The van der Waals surface area contributed by atoms with Crippen molar-refractivity contribution >= 4 is 71.1 Å². The molecule has 0 aromatic heterocycles. The van der Waals surface area contributed by atoms with Gasteiger partial charge in [0.2, 0.25) is 53.2 Å². The first-order valence-electron chi connectivity index (χ1n) is 30.1. The molecular weight excluding hydrogens is 1170 g/mol. The molecular formula is C61H93N15O14. The van der Waals surface area contributed by atoms with E-state index in [1.54, 1.807) is 30.5 Å². The van der Waals surface area contributed by atoms with Crippen molar-refractivity contribution in [3.05, 3.63) is 90.2 Å². The summed E-state index contributed by atoms with van der Waals surface area (Å²) in [5, 5.41) is 59.1. The van der Waals surface area contributed by atoms with Gasteiger partial charge < -0.3 is 91.0 Å². The number of benzene rings is 1. The SMILES string of the molecule is C=C1/C=C\C=C/CNC=C1C[C@H](NC(=O)[C@H](CCCNC(N)=NC)NC(=O)[C@@H](/C=C/CNC(=O)[C@H](CC1CCCCC1)NC(=O)[C@@H](NC(=O)[C@H](CNC(N)=O)NC(=O)[C@H](CCC(=O)O)NC(=O)[C@@H](Cc1ccc(O)cc1)NC(C)=O)[C@@H](C)O)CC(C)C)C(N)=O. The number of aromatic hydroxyl groups is 1. The van der Waals surface area contributed by atoms with Crippen molar-refractivity contribution in [3.63, 3.8) is 0 Å². The molecule has 3 rings (SSSR count). The number of allylic oxidation sites excluding steroid dienone is 4. The van der Waals surface area contributed by atoms with Gasteiger partial charge in [-0.15, -0.1) is 0 Å². The molecule has 1 aliphatic carbocycles. The molecule has 9 atom stereocenters. The Labute approximate surface area is 524 Å². The summed E-state index contributed by atoms with van der Waals surface area (Å²) < 4.78 is 0. The minimum Gasteiger partial charge on any atom is -0.508 e. The summed E-state index contributed by atoms with van der Waals surface area (Å²) in [7, 11) is 1.50. The van der Waals surface area contributed by atoms with E-state index in [4.69, 9.17) is 17.2 Å². The quantitative estimate of drug-likeness (QED) is 0.0164. The number of nitrogens with zero attached hydrogens (tertiary/aromatic N) is 1. The smallest absolute Gasteiger partial charge is 0.312 e. The van der Waals surface area contributed by atoms with Crippen LogP contribution in [-0.2, 0) is 54.4 Å². The van der Waals surface area contributed by atoms with Crippen molar-refractivity contribution in [1.82, 2.24) is 58.5 Å². The standard InChI is InChI=1S/C61H93N15O14/c1-35(2)29-41(53(83)71-44(19-14-28-68-60(63)65-6)55(85)73-46(52(62)82)32-42-33-66-26-12-8-9-15-36(42)3)18-13-27-67-54(84)47(30-39-16-10-7-11-17-39)74-59(89)51(37(4)77)76-58(88)49(34-69-61(64)90)75-56(86)45(24-25-50(80)81)72-57(87)48(70-38(5)78)31-40-20-22-43(79)23-21-40/h8-9,12-13,15,18,20-23,33,35,37,39,41,44-49,51,66,77,79H,3,7,10-11,14,16-17,19,24-32,34H2,1-2,4-6H3,(H2,62,82)(H,67,84)(H,70,78)(H,71,83)(H,72,87)(H,73,85)(H,74,89)(H,75,86)(H,76,88)(H,80,81)(H3,63,65,68)(H3,64,69,90)/b12-8-,15-9-,18-13+,42-33?/t37-,41+,44+,45+,46+,47+,48-,49+,51+/m1/s1. The van der Waals surface area contributed by atoms with Crippen molar-refractivity contribution < 1.29 is 68.1 Å². The second kappa shape index (κ2) is 39.6. The number of aliphatic hydroxyl groups is 1. The molecule has 20 N–H and O–H groups in total. The molecule has 90 heavy (non-hydrogen) atoms. The Bertz CT molecular complexity index is 2800. The van der Waals surface area contributed by atoms with Gasteiger partial charge in [-0.25, -0.2) is 4.79 Å². The number of phenolic OH excluding ortho intramolecular Hbond substituents is 1. The molecule has 1 heterocycles. The van der Waals surface area contributed by atoms with Crippen molar-refractivity contribution in [2.75, 3.05) is 33.2 Å². The Hall–Kier alpha value is -9.28. The summed E-state index contributed by atoms with van der Waals surface area (Å²) in [6.45, 7) is 10.1. The molecule has 0 unspecified atom stereocenters. The Kier molecular flexibility index (Phi) is 33.0. The van der Waals surface area contributed by atoms with Crippen LogP contribution in [0, 0.1) is 17.8 Å². The molecule has 29 heteroatoms. The number of carbonyl (C=O) groups excluding carboxylic acids is 10. The second-order valence-corrected chi connectivity index (χ2v) is 22.7. The third-order valence-corrected chi connectivity index (χ3v) is 14.7. The molecule has 1 aromatic carbocycles. The van der Waals surface area contributed by atoms with E-state index in [9.17, 15) is 68.1 Å². The molecule has 1 aliphatic heterocycles. The molecule has 0 radical (unpaired) electrons. The lowest BCUT2D eigenvalue weighted by Crippen LogP contribution is -2.63. The van der Waals surface area contributed by atoms with E-state index in [0.29, 0.717) is 42.6 Å². The first kappa shape index (κ1) is 75.0. The predicted octanol–water partition coefficient (Wildman–Crippen LogP) is -1.09. The molecule has 0 spiro atoms. The van der Waals surface area contributed by atoms with Crippen LogP contribution in [0.3, 0.4) is 0 Å². The van der Waals surface area contributed by atoms with E-state index in [1.807, 2.05) is 26.0 Å². The van der Waals surface area contributed by atoms with Crippen LogP contribution in [0.1, 0.15) is 110 Å². The molecule has 1 aromatic rings. The van der Waals surface area contributed by atoms with Crippen LogP contribution >= 0.6 is 0 Å². The number of hydrogen-bond acceptors (Lipinski definition) is 15. The van der Waals surface area contributed by atoms with Gasteiger partial charge in [-0.1, -0.05) is 101 Å². The average Bonchev–Trinajstić information content (AvgIpc) is 1.81. The van der Waals surface area contributed by atoms with Gasteiger partial charge in [0.1, 0.15) is 48.0 Å². The van der Waals surface area contributed by atoms with E-state index in [0.717, 1.165) is 39.0 Å². The van der Waals surface area contributed by atoms with Gasteiger partial charge in [0.25, 0.3) is 0 Å². The maximum absolute atomic E-state index is 14.2.